The summed E-state index contributed by atoms with van der Waals surface area (Å²) >= 11 is 0. The topological polar surface area (TPSA) is 67.9 Å². The molecular weight excluding hydrogens is 383 g/mol. The van der Waals surface area contributed by atoms with Crippen LogP contribution < -0.4 is 10.5 Å². The van der Waals surface area contributed by atoms with Crippen molar-refractivity contribution in [2.45, 2.75) is 25.0 Å². The first-order valence-electron chi connectivity index (χ1n) is 8.88. The predicted molar refractivity (Wildman–Crippen MR) is 103 cm³/mol. The molecule has 2 aromatic carbocycles. The molecule has 0 aromatic heterocycles. The van der Waals surface area contributed by atoms with Gasteiger partial charge < -0.3 is 10.5 Å². The number of benzene rings is 2. The molecule has 0 saturated heterocycles. The standard InChI is InChI=1S/C21H20F3N3O2/c1-3-4-5-13-12-15(8-11-17(13)22)21(18(28)27(2)20(25)26-21)14-6-9-16(10-7-14)29-19(23)24/h3,6-12,19H,1,4-5H2,2H3,(H2,25,26). The Balaban J connectivity index is 2.14. The molecule has 1 aliphatic heterocycles. The van der Waals surface area contributed by atoms with Crippen molar-refractivity contribution in [2.24, 2.45) is 10.7 Å². The zero-order chi connectivity index (χ0) is 21.2. The van der Waals surface area contributed by atoms with Crippen LogP contribution in [0.2, 0.25) is 0 Å². The normalized spacial score (nSPS) is 18.9. The van der Waals surface area contributed by atoms with Crippen molar-refractivity contribution in [3.8, 4) is 5.75 Å². The summed E-state index contributed by atoms with van der Waals surface area (Å²) in [5, 5.41) is 0. The minimum atomic E-state index is -2.97. The average Bonchev–Trinajstić information content (AvgIpc) is 2.92. The first kappa shape index (κ1) is 20.4. The molecule has 1 atom stereocenters. The van der Waals surface area contributed by atoms with Crippen LogP contribution in [-0.4, -0.2) is 30.4 Å². The predicted octanol–water partition coefficient (Wildman–Crippen LogP) is 3.58. The Morgan fingerprint density at radius 1 is 1.24 bits per heavy atom. The second-order valence-corrected chi connectivity index (χ2v) is 6.58. The number of guanidine groups is 1. The number of aliphatic imine (C=N–C) groups is 1. The van der Waals surface area contributed by atoms with Gasteiger partial charge in [0.2, 0.25) is 0 Å². The lowest BCUT2D eigenvalue weighted by Gasteiger charge is -2.27. The van der Waals surface area contributed by atoms with Crippen molar-refractivity contribution in [1.29, 1.82) is 0 Å². The van der Waals surface area contributed by atoms with Crippen LogP contribution in [0.3, 0.4) is 0 Å². The van der Waals surface area contributed by atoms with E-state index in [2.05, 4.69) is 16.3 Å². The fraction of sp³-hybridized carbons (Fsp3) is 0.238. The number of carbonyl (C=O) groups is 1. The Labute approximate surface area is 166 Å². The molecule has 1 heterocycles. The van der Waals surface area contributed by atoms with Gasteiger partial charge >= 0.3 is 6.61 Å². The highest BCUT2D eigenvalue weighted by Gasteiger charge is 2.49. The lowest BCUT2D eigenvalue weighted by molar-refractivity contribution is -0.129. The highest BCUT2D eigenvalue weighted by atomic mass is 19.3. The molecule has 8 heteroatoms. The van der Waals surface area contributed by atoms with Crippen LogP contribution in [0.25, 0.3) is 0 Å². The molecular formula is C21H20F3N3O2. The van der Waals surface area contributed by atoms with E-state index in [0.29, 0.717) is 29.5 Å². The summed E-state index contributed by atoms with van der Waals surface area (Å²) in [4.78, 5) is 18.8. The molecule has 2 aromatic rings. The van der Waals surface area contributed by atoms with E-state index >= 15 is 0 Å². The number of ether oxygens (including phenoxy) is 1. The highest BCUT2D eigenvalue weighted by molar-refractivity contribution is 6.08. The Kier molecular flexibility index (Phi) is 5.63. The second kappa shape index (κ2) is 7.98. The van der Waals surface area contributed by atoms with Crippen molar-refractivity contribution in [2.75, 3.05) is 7.05 Å². The van der Waals surface area contributed by atoms with E-state index < -0.39 is 23.9 Å². The van der Waals surface area contributed by atoms with Crippen molar-refractivity contribution in [1.82, 2.24) is 4.90 Å². The minimum absolute atomic E-state index is 0.000117. The third kappa shape index (κ3) is 3.70. The molecule has 152 valence electrons. The number of likely N-dealkylation sites (N-methyl/N-ethyl adjacent to an activating group) is 1. The van der Waals surface area contributed by atoms with E-state index in [4.69, 9.17) is 5.73 Å². The largest absolute Gasteiger partial charge is 0.435 e. The number of hydrogen-bond donors (Lipinski definition) is 1. The minimum Gasteiger partial charge on any atom is -0.435 e. The van der Waals surface area contributed by atoms with Gasteiger partial charge in [-0.25, -0.2) is 9.38 Å². The summed E-state index contributed by atoms with van der Waals surface area (Å²) in [5.74, 6) is -0.888. The number of nitrogens with zero attached hydrogens (tertiary/aromatic N) is 2. The Morgan fingerprint density at radius 2 is 1.90 bits per heavy atom. The van der Waals surface area contributed by atoms with E-state index in [1.165, 1.54) is 48.3 Å². The van der Waals surface area contributed by atoms with Gasteiger partial charge in [-0.2, -0.15) is 8.78 Å². The van der Waals surface area contributed by atoms with Crippen LogP contribution in [0.4, 0.5) is 13.2 Å². The first-order valence-corrected chi connectivity index (χ1v) is 8.88. The van der Waals surface area contributed by atoms with Gasteiger partial charge in [-0.05, 0) is 53.8 Å². The van der Waals surface area contributed by atoms with Gasteiger partial charge in [0.25, 0.3) is 5.91 Å². The fourth-order valence-electron chi connectivity index (χ4n) is 3.31. The number of alkyl halides is 2. The van der Waals surface area contributed by atoms with Crippen LogP contribution in [0.5, 0.6) is 5.75 Å². The van der Waals surface area contributed by atoms with Gasteiger partial charge in [0.1, 0.15) is 11.6 Å². The number of nitrogens with two attached hydrogens (primary N) is 1. The average molecular weight is 403 g/mol. The third-order valence-electron chi connectivity index (χ3n) is 4.82. The molecule has 0 bridgehead atoms. The van der Waals surface area contributed by atoms with Crippen LogP contribution >= 0.6 is 0 Å². The Morgan fingerprint density at radius 3 is 2.45 bits per heavy atom. The second-order valence-electron chi connectivity index (χ2n) is 6.58. The third-order valence-corrected chi connectivity index (χ3v) is 4.82. The molecule has 0 fully saturated rings. The summed E-state index contributed by atoms with van der Waals surface area (Å²) < 4.78 is 43.5. The lowest BCUT2D eigenvalue weighted by Crippen LogP contribution is -2.41. The maximum atomic E-state index is 14.3. The van der Waals surface area contributed by atoms with Gasteiger partial charge in [0, 0.05) is 7.05 Å². The molecule has 1 unspecified atom stereocenters. The molecule has 5 nitrogen and oxygen atoms in total. The maximum Gasteiger partial charge on any atom is 0.387 e. The number of halogens is 3. The summed E-state index contributed by atoms with van der Waals surface area (Å²) in [5.41, 5.74) is 5.61. The quantitative estimate of drug-likeness (QED) is 0.719. The molecule has 2 N–H and O–H groups in total. The van der Waals surface area contributed by atoms with Crippen molar-refractivity contribution < 1.29 is 22.7 Å². The SMILES string of the molecule is C=CCCc1cc(C2(c3ccc(OC(F)F)cc3)N=C(N)N(C)C2=O)ccc1F. The number of hydrogen-bond acceptors (Lipinski definition) is 4. The lowest BCUT2D eigenvalue weighted by atomic mass is 9.82. The molecule has 29 heavy (non-hydrogen) atoms. The Hall–Kier alpha value is -3.29. The number of aryl methyl sites for hydroxylation is 1. The van der Waals surface area contributed by atoms with Crippen LogP contribution in [0, 0.1) is 5.82 Å². The van der Waals surface area contributed by atoms with Crippen molar-refractivity contribution in [3.05, 3.63) is 77.6 Å². The number of rotatable bonds is 7. The summed E-state index contributed by atoms with van der Waals surface area (Å²) in [6.45, 7) is 0.675. The number of allylic oxidation sites excluding steroid dienone is 1. The molecule has 0 radical (unpaired) electrons. The van der Waals surface area contributed by atoms with Crippen molar-refractivity contribution >= 4 is 11.9 Å². The van der Waals surface area contributed by atoms with Gasteiger partial charge in [0.05, 0.1) is 0 Å². The molecule has 1 amide bonds. The van der Waals surface area contributed by atoms with Gasteiger partial charge in [0.15, 0.2) is 11.5 Å². The zero-order valence-corrected chi connectivity index (χ0v) is 15.7. The van der Waals surface area contributed by atoms with Gasteiger partial charge in [-0.3, -0.25) is 9.69 Å². The fourth-order valence-corrected chi connectivity index (χ4v) is 3.31. The van der Waals surface area contributed by atoms with E-state index in [0.717, 1.165) is 0 Å². The maximum absolute atomic E-state index is 14.3. The van der Waals surface area contributed by atoms with Crippen LogP contribution in [0.15, 0.2) is 60.1 Å². The van der Waals surface area contributed by atoms with Crippen LogP contribution in [-0.2, 0) is 16.8 Å². The Bertz CT molecular complexity index is 960. The first-order chi connectivity index (χ1) is 13.8. The molecule has 3 rings (SSSR count). The van der Waals surface area contributed by atoms with E-state index in [1.807, 2.05) is 0 Å². The van der Waals surface area contributed by atoms with E-state index in [1.54, 1.807) is 12.1 Å². The molecule has 0 aliphatic carbocycles. The van der Waals surface area contributed by atoms with Gasteiger partial charge in [-0.1, -0.05) is 24.3 Å². The van der Waals surface area contributed by atoms with Gasteiger partial charge in [-0.15, -0.1) is 6.58 Å². The molecule has 1 aliphatic rings. The monoisotopic (exact) mass is 403 g/mol. The smallest absolute Gasteiger partial charge is 0.387 e. The summed E-state index contributed by atoms with van der Waals surface area (Å²) in [7, 11) is 1.49. The highest BCUT2D eigenvalue weighted by Crippen LogP contribution is 2.40. The molecule has 0 spiro atoms. The summed E-state index contributed by atoms with van der Waals surface area (Å²) in [6, 6.07) is 9.92. The van der Waals surface area contributed by atoms with Crippen molar-refractivity contribution in [3.63, 3.8) is 0 Å². The molecule has 0 saturated carbocycles. The zero-order valence-electron chi connectivity index (χ0n) is 15.7. The van der Waals surface area contributed by atoms with E-state index in [9.17, 15) is 18.0 Å². The summed E-state index contributed by atoms with van der Waals surface area (Å²) in [6.07, 6.45) is 2.64. The van der Waals surface area contributed by atoms with Crippen LogP contribution in [0.1, 0.15) is 23.1 Å². The number of amides is 1. The number of carbonyl (C=O) groups excluding carboxylic acids is 1. The van der Waals surface area contributed by atoms with E-state index in [-0.39, 0.29) is 11.7 Å².